The average Bonchev–Trinajstić information content (AvgIpc) is 3.01. The van der Waals surface area contributed by atoms with Crippen molar-refractivity contribution in [1.82, 2.24) is 9.88 Å². The van der Waals surface area contributed by atoms with Crippen molar-refractivity contribution in [2.24, 2.45) is 0 Å². The fourth-order valence-corrected chi connectivity index (χ4v) is 2.77. The molecule has 0 bridgehead atoms. The summed E-state index contributed by atoms with van der Waals surface area (Å²) in [5.74, 6) is -2.17. The topological polar surface area (TPSA) is 134 Å². The fraction of sp³-hybridized carbons (Fsp3) is 0.250. The molecule has 3 rings (SSSR count). The molecule has 1 unspecified atom stereocenters. The summed E-state index contributed by atoms with van der Waals surface area (Å²) >= 11 is 0. The summed E-state index contributed by atoms with van der Waals surface area (Å²) in [6.07, 6.45) is -1.07. The number of esters is 1. The molecule has 0 fully saturated rings. The molecule has 10 heteroatoms. The summed E-state index contributed by atoms with van der Waals surface area (Å²) < 4.78 is 11.0. The molecule has 0 spiro atoms. The number of benzene rings is 2. The molecule has 3 aromatic rings. The van der Waals surface area contributed by atoms with E-state index in [1.54, 1.807) is 0 Å². The molecule has 10 nitrogen and oxygen atoms in total. The van der Waals surface area contributed by atoms with Gasteiger partial charge >= 0.3 is 11.7 Å². The Balaban J connectivity index is 1.61. The van der Waals surface area contributed by atoms with Crippen LogP contribution in [-0.2, 0) is 27.4 Å². The third-order valence-corrected chi connectivity index (χ3v) is 4.41. The lowest BCUT2D eigenvalue weighted by atomic mass is 10.1. The summed E-state index contributed by atoms with van der Waals surface area (Å²) in [7, 11) is 0. The predicted molar refractivity (Wildman–Crippen MR) is 106 cm³/mol. The highest BCUT2D eigenvalue weighted by atomic mass is 16.6. The smallest absolute Gasteiger partial charge is 0.420 e. The van der Waals surface area contributed by atoms with E-state index in [1.165, 1.54) is 19.1 Å². The van der Waals surface area contributed by atoms with Gasteiger partial charge in [-0.05, 0) is 25.5 Å². The lowest BCUT2D eigenvalue weighted by Crippen LogP contribution is -2.36. The molecule has 30 heavy (non-hydrogen) atoms. The van der Waals surface area contributed by atoms with Crippen molar-refractivity contribution in [2.75, 3.05) is 0 Å². The third-order valence-electron chi connectivity index (χ3n) is 4.41. The first kappa shape index (κ1) is 20.8. The highest BCUT2D eigenvalue weighted by Crippen LogP contribution is 2.20. The Morgan fingerprint density at radius 3 is 2.60 bits per heavy atom. The summed E-state index contributed by atoms with van der Waals surface area (Å²) in [6.45, 7) is 3.16. The molecule has 1 atom stereocenters. The molecule has 0 saturated heterocycles. The van der Waals surface area contributed by atoms with Gasteiger partial charge in [0.1, 0.15) is 6.54 Å². The minimum Gasteiger partial charge on any atom is -0.451 e. The van der Waals surface area contributed by atoms with Gasteiger partial charge in [-0.3, -0.25) is 24.3 Å². The second-order valence-corrected chi connectivity index (χ2v) is 6.70. The number of carbonyl (C=O) groups is 2. The molecule has 0 saturated carbocycles. The second-order valence-electron chi connectivity index (χ2n) is 6.70. The number of hydrogen-bond donors (Lipinski definition) is 1. The average molecular weight is 413 g/mol. The summed E-state index contributed by atoms with van der Waals surface area (Å²) in [5.41, 5.74) is 1.94. The van der Waals surface area contributed by atoms with E-state index in [-0.39, 0.29) is 23.3 Å². The number of ether oxygens (including phenoxy) is 1. The molecule has 0 radical (unpaired) electrons. The van der Waals surface area contributed by atoms with Crippen LogP contribution < -0.4 is 11.1 Å². The molecule has 0 aliphatic carbocycles. The van der Waals surface area contributed by atoms with Crippen LogP contribution >= 0.6 is 0 Å². The van der Waals surface area contributed by atoms with E-state index < -0.39 is 35.2 Å². The number of carbonyl (C=O) groups excluding carboxylic acids is 2. The molecule has 0 aliphatic heterocycles. The highest BCUT2D eigenvalue weighted by Gasteiger charge is 2.21. The molecular weight excluding hydrogens is 394 g/mol. The van der Waals surface area contributed by atoms with Gasteiger partial charge in [0.05, 0.1) is 16.5 Å². The van der Waals surface area contributed by atoms with E-state index >= 15 is 0 Å². The standard InChI is InChI=1S/C20H19N3O7/c1-12-3-5-14(6-4-12)10-21-19(25)13(2)29-18(24)11-22-16-8-7-15(23(27)28)9-17(16)30-20(22)26/h3-9,13H,10-11H2,1-2H3,(H,21,25). The van der Waals surface area contributed by atoms with E-state index in [9.17, 15) is 24.5 Å². The number of hydrogen-bond acceptors (Lipinski definition) is 7. The molecular formula is C20H19N3O7. The number of nitro benzene ring substituents is 1. The van der Waals surface area contributed by atoms with E-state index in [0.29, 0.717) is 0 Å². The number of amides is 1. The first-order chi connectivity index (χ1) is 14.2. The lowest BCUT2D eigenvalue weighted by molar-refractivity contribution is -0.384. The number of nitrogens with zero attached hydrogens (tertiary/aromatic N) is 2. The summed E-state index contributed by atoms with van der Waals surface area (Å²) in [4.78, 5) is 46.6. The number of nitrogens with one attached hydrogen (secondary N) is 1. The van der Waals surface area contributed by atoms with Gasteiger partial charge in [0.25, 0.3) is 11.6 Å². The maximum Gasteiger partial charge on any atom is 0.420 e. The third kappa shape index (κ3) is 4.72. The fourth-order valence-electron chi connectivity index (χ4n) is 2.77. The molecule has 156 valence electrons. The Morgan fingerprint density at radius 2 is 1.93 bits per heavy atom. The van der Waals surface area contributed by atoms with E-state index in [4.69, 9.17) is 9.15 Å². The van der Waals surface area contributed by atoms with Crippen LogP contribution in [0, 0.1) is 17.0 Å². The van der Waals surface area contributed by atoms with Crippen molar-refractivity contribution >= 4 is 28.7 Å². The predicted octanol–water partition coefficient (Wildman–Crippen LogP) is 2.06. The number of non-ortho nitro benzene ring substituents is 1. The maximum atomic E-state index is 12.2. The van der Waals surface area contributed by atoms with E-state index in [0.717, 1.165) is 21.8 Å². The number of aromatic nitrogens is 1. The maximum absolute atomic E-state index is 12.2. The second kappa shape index (κ2) is 8.60. The van der Waals surface area contributed by atoms with Gasteiger partial charge in [-0.2, -0.15) is 0 Å². The zero-order valence-electron chi connectivity index (χ0n) is 16.3. The van der Waals surface area contributed by atoms with Gasteiger partial charge in [-0.25, -0.2) is 4.79 Å². The first-order valence-electron chi connectivity index (χ1n) is 9.05. The number of oxazole rings is 1. The van der Waals surface area contributed by atoms with Crippen LogP contribution in [0.25, 0.3) is 11.1 Å². The Morgan fingerprint density at radius 1 is 1.23 bits per heavy atom. The molecule has 1 heterocycles. The largest absolute Gasteiger partial charge is 0.451 e. The van der Waals surface area contributed by atoms with Crippen molar-refractivity contribution in [2.45, 2.75) is 33.0 Å². The van der Waals surface area contributed by atoms with Gasteiger partial charge < -0.3 is 14.5 Å². The summed E-state index contributed by atoms with van der Waals surface area (Å²) in [5, 5.41) is 13.5. The Hall–Kier alpha value is -3.95. The van der Waals surface area contributed by atoms with Crippen molar-refractivity contribution in [1.29, 1.82) is 0 Å². The van der Waals surface area contributed by atoms with Crippen LogP contribution in [-0.4, -0.2) is 27.5 Å². The molecule has 1 aromatic heterocycles. The van der Waals surface area contributed by atoms with Crippen LogP contribution in [0.5, 0.6) is 0 Å². The monoisotopic (exact) mass is 413 g/mol. The molecule has 2 aromatic carbocycles. The van der Waals surface area contributed by atoms with Crippen LogP contribution in [0.15, 0.2) is 51.7 Å². The Bertz CT molecular complexity index is 1160. The van der Waals surface area contributed by atoms with Gasteiger partial charge in [0.2, 0.25) is 0 Å². The molecule has 1 amide bonds. The summed E-state index contributed by atoms with van der Waals surface area (Å²) in [6, 6.07) is 11.2. The van der Waals surface area contributed by atoms with Crippen LogP contribution in [0.3, 0.4) is 0 Å². The number of nitro groups is 1. The molecule has 1 N–H and O–H groups in total. The zero-order chi connectivity index (χ0) is 21.8. The van der Waals surface area contributed by atoms with Crippen LogP contribution in [0.2, 0.25) is 0 Å². The van der Waals surface area contributed by atoms with Crippen molar-refractivity contribution < 1.29 is 23.7 Å². The highest BCUT2D eigenvalue weighted by molar-refractivity contribution is 5.84. The Kier molecular flexibility index (Phi) is 5.95. The molecule has 0 aliphatic rings. The minimum atomic E-state index is -1.07. The number of fused-ring (bicyclic) bond motifs is 1. The number of aryl methyl sites for hydroxylation is 1. The van der Waals surface area contributed by atoms with E-state index in [1.807, 2.05) is 31.2 Å². The van der Waals surface area contributed by atoms with Crippen molar-refractivity contribution in [3.63, 3.8) is 0 Å². The minimum absolute atomic E-state index is 0.0223. The Labute approximate surface area is 170 Å². The normalized spacial score (nSPS) is 11.8. The van der Waals surface area contributed by atoms with Gasteiger partial charge in [-0.15, -0.1) is 0 Å². The first-order valence-corrected chi connectivity index (χ1v) is 9.05. The SMILES string of the molecule is Cc1ccc(CNC(=O)C(C)OC(=O)Cn2c(=O)oc3cc([N+](=O)[O-])ccc32)cc1. The van der Waals surface area contributed by atoms with Gasteiger partial charge in [0, 0.05) is 12.6 Å². The van der Waals surface area contributed by atoms with Crippen LogP contribution in [0.4, 0.5) is 5.69 Å². The van der Waals surface area contributed by atoms with Gasteiger partial charge in [0.15, 0.2) is 11.7 Å². The van der Waals surface area contributed by atoms with Crippen molar-refractivity contribution in [3.8, 4) is 0 Å². The van der Waals surface area contributed by atoms with E-state index in [2.05, 4.69) is 5.32 Å². The van der Waals surface area contributed by atoms with Gasteiger partial charge in [-0.1, -0.05) is 29.8 Å². The van der Waals surface area contributed by atoms with Crippen molar-refractivity contribution in [3.05, 3.63) is 74.3 Å². The van der Waals surface area contributed by atoms with Crippen LogP contribution in [0.1, 0.15) is 18.1 Å². The number of rotatable bonds is 7. The quantitative estimate of drug-likeness (QED) is 0.356. The lowest BCUT2D eigenvalue weighted by Gasteiger charge is -2.13. The zero-order valence-corrected chi connectivity index (χ0v) is 16.3.